The molecule has 0 unspecified atom stereocenters. The van der Waals surface area contributed by atoms with Crippen LogP contribution >= 0.6 is 0 Å². The topological polar surface area (TPSA) is 117 Å². The van der Waals surface area contributed by atoms with Crippen molar-refractivity contribution in [2.75, 3.05) is 31.7 Å². The number of amides is 1. The summed E-state index contributed by atoms with van der Waals surface area (Å²) >= 11 is 0. The molecule has 0 aliphatic heterocycles. The second-order valence-corrected chi connectivity index (χ2v) is 3.79. The molecule has 110 valence electrons. The molecule has 8 heteroatoms. The van der Waals surface area contributed by atoms with Gasteiger partial charge in [0.1, 0.15) is 12.3 Å². The van der Waals surface area contributed by atoms with Gasteiger partial charge in [-0.15, -0.1) is 0 Å². The molecule has 20 heavy (non-hydrogen) atoms. The first-order chi connectivity index (χ1) is 9.56. The van der Waals surface area contributed by atoms with E-state index in [-0.39, 0.29) is 24.7 Å². The van der Waals surface area contributed by atoms with Gasteiger partial charge in [-0.05, 0) is 19.1 Å². The van der Waals surface area contributed by atoms with Crippen LogP contribution in [0.2, 0.25) is 0 Å². The van der Waals surface area contributed by atoms with Crippen molar-refractivity contribution < 1.29 is 19.2 Å². The lowest BCUT2D eigenvalue weighted by Crippen LogP contribution is -2.20. The van der Waals surface area contributed by atoms with Gasteiger partial charge in [0.2, 0.25) is 5.91 Å². The fraction of sp³-hybridized carbons (Fsp3) is 0.417. The highest BCUT2D eigenvalue weighted by Gasteiger charge is 2.20. The molecule has 0 radical (unpaired) electrons. The van der Waals surface area contributed by atoms with Crippen LogP contribution in [0.3, 0.4) is 0 Å². The maximum atomic E-state index is 11.1. The summed E-state index contributed by atoms with van der Waals surface area (Å²) in [4.78, 5) is 21.0. The number of ether oxygens (including phenoxy) is 2. The van der Waals surface area contributed by atoms with Crippen LogP contribution in [0, 0.1) is 10.1 Å². The van der Waals surface area contributed by atoms with E-state index < -0.39 is 10.8 Å². The average Bonchev–Trinajstić information content (AvgIpc) is 2.38. The number of benzene rings is 1. The molecular formula is C12H17N3O5. The molecule has 0 atom stereocenters. The number of nitro benzene ring substituents is 1. The smallest absolute Gasteiger partial charge is 0.333 e. The molecule has 0 bridgehead atoms. The first-order valence-corrected chi connectivity index (χ1v) is 6.06. The average molecular weight is 283 g/mol. The highest BCUT2D eigenvalue weighted by atomic mass is 16.6. The van der Waals surface area contributed by atoms with E-state index >= 15 is 0 Å². The van der Waals surface area contributed by atoms with Crippen molar-refractivity contribution in [2.45, 2.75) is 6.92 Å². The van der Waals surface area contributed by atoms with E-state index in [2.05, 4.69) is 5.32 Å². The summed E-state index contributed by atoms with van der Waals surface area (Å²) in [5, 5.41) is 14.0. The molecule has 0 fully saturated rings. The van der Waals surface area contributed by atoms with Crippen molar-refractivity contribution in [3.05, 3.63) is 28.3 Å². The SMILES string of the molecule is CCOc1cccc(NCCOCC(N)=O)c1[N+](=O)[O-]. The minimum atomic E-state index is -0.561. The zero-order chi connectivity index (χ0) is 15.0. The van der Waals surface area contributed by atoms with E-state index in [0.717, 1.165) is 0 Å². The van der Waals surface area contributed by atoms with E-state index in [1.807, 2.05) is 0 Å². The van der Waals surface area contributed by atoms with E-state index in [0.29, 0.717) is 18.8 Å². The molecule has 0 saturated heterocycles. The number of nitro groups is 1. The summed E-state index contributed by atoms with van der Waals surface area (Å²) in [6.45, 7) is 2.43. The summed E-state index contributed by atoms with van der Waals surface area (Å²) < 4.78 is 10.2. The highest BCUT2D eigenvalue weighted by Crippen LogP contribution is 2.34. The summed E-state index contributed by atoms with van der Waals surface area (Å²) in [6.07, 6.45) is 0. The van der Waals surface area contributed by atoms with E-state index in [1.165, 1.54) is 6.07 Å². The number of anilines is 1. The fourth-order valence-corrected chi connectivity index (χ4v) is 1.56. The van der Waals surface area contributed by atoms with Crippen LogP contribution < -0.4 is 15.8 Å². The minimum Gasteiger partial charge on any atom is -0.487 e. The molecule has 0 spiro atoms. The molecule has 8 nitrogen and oxygen atoms in total. The van der Waals surface area contributed by atoms with Crippen LogP contribution in [-0.2, 0) is 9.53 Å². The third kappa shape index (κ3) is 4.73. The van der Waals surface area contributed by atoms with E-state index in [9.17, 15) is 14.9 Å². The molecule has 0 heterocycles. The standard InChI is InChI=1S/C12H17N3O5/c1-2-20-10-5-3-4-9(12(10)15(17)18)14-6-7-19-8-11(13)16/h3-5,14H,2,6-8H2,1H3,(H2,13,16). The van der Waals surface area contributed by atoms with Gasteiger partial charge in [-0.25, -0.2) is 0 Å². The van der Waals surface area contributed by atoms with Crippen LogP contribution in [0.4, 0.5) is 11.4 Å². The molecule has 3 N–H and O–H groups in total. The number of para-hydroxylation sites is 1. The monoisotopic (exact) mass is 283 g/mol. The Balaban J connectivity index is 2.66. The third-order valence-electron chi connectivity index (χ3n) is 2.29. The number of nitrogens with one attached hydrogen (secondary N) is 1. The van der Waals surface area contributed by atoms with Crippen LogP contribution in [0.5, 0.6) is 5.75 Å². The first-order valence-electron chi connectivity index (χ1n) is 6.06. The lowest BCUT2D eigenvalue weighted by atomic mass is 10.2. The summed E-state index contributed by atoms with van der Waals surface area (Å²) in [5.41, 5.74) is 5.13. The Labute approximate surface area is 116 Å². The molecule has 0 aliphatic carbocycles. The zero-order valence-corrected chi connectivity index (χ0v) is 11.1. The molecule has 1 rings (SSSR count). The maximum Gasteiger partial charge on any atom is 0.333 e. The van der Waals surface area contributed by atoms with Crippen LogP contribution in [0.15, 0.2) is 18.2 Å². The molecule has 0 aliphatic rings. The van der Waals surface area contributed by atoms with Gasteiger partial charge in [0.05, 0.1) is 18.1 Å². The third-order valence-corrected chi connectivity index (χ3v) is 2.29. The van der Waals surface area contributed by atoms with Crippen LogP contribution in [0.25, 0.3) is 0 Å². The Morgan fingerprint density at radius 1 is 1.50 bits per heavy atom. The number of hydrogen-bond acceptors (Lipinski definition) is 6. The molecule has 0 saturated carbocycles. The molecular weight excluding hydrogens is 266 g/mol. The summed E-state index contributed by atoms with van der Waals surface area (Å²) in [7, 11) is 0. The Morgan fingerprint density at radius 3 is 2.85 bits per heavy atom. The Bertz CT molecular complexity index is 478. The number of primary amides is 1. The van der Waals surface area contributed by atoms with Gasteiger partial charge in [0, 0.05) is 6.54 Å². The molecule has 1 aromatic rings. The van der Waals surface area contributed by atoms with Gasteiger partial charge in [0.25, 0.3) is 0 Å². The molecule has 1 aromatic carbocycles. The van der Waals surface area contributed by atoms with Crippen LogP contribution in [0.1, 0.15) is 6.92 Å². The number of hydrogen-bond donors (Lipinski definition) is 2. The normalized spacial score (nSPS) is 10.1. The zero-order valence-electron chi connectivity index (χ0n) is 11.1. The number of carbonyl (C=O) groups excluding carboxylic acids is 1. The summed E-state index contributed by atoms with van der Waals surface area (Å²) in [6, 6.07) is 4.77. The van der Waals surface area contributed by atoms with E-state index in [4.69, 9.17) is 15.2 Å². The van der Waals surface area contributed by atoms with Gasteiger partial charge in [0.15, 0.2) is 5.75 Å². The molecule has 0 aromatic heterocycles. The summed E-state index contributed by atoms with van der Waals surface area (Å²) in [5.74, 6) is -0.352. The van der Waals surface area contributed by atoms with Crippen molar-refractivity contribution in [3.8, 4) is 5.75 Å². The van der Waals surface area contributed by atoms with Crippen molar-refractivity contribution in [2.24, 2.45) is 5.73 Å². The minimum absolute atomic E-state index is 0.121. The Morgan fingerprint density at radius 2 is 2.25 bits per heavy atom. The number of nitrogens with two attached hydrogens (primary N) is 1. The second-order valence-electron chi connectivity index (χ2n) is 3.79. The van der Waals surface area contributed by atoms with Crippen molar-refractivity contribution >= 4 is 17.3 Å². The van der Waals surface area contributed by atoms with Crippen LogP contribution in [-0.4, -0.2) is 37.2 Å². The first kappa shape index (κ1) is 15.7. The lowest BCUT2D eigenvalue weighted by molar-refractivity contribution is -0.384. The predicted octanol–water partition coefficient (Wildman–Crippen LogP) is 0.907. The highest BCUT2D eigenvalue weighted by molar-refractivity contribution is 5.75. The van der Waals surface area contributed by atoms with E-state index in [1.54, 1.807) is 19.1 Å². The second kappa shape index (κ2) is 7.95. The van der Waals surface area contributed by atoms with Gasteiger partial charge >= 0.3 is 5.69 Å². The molecule has 1 amide bonds. The van der Waals surface area contributed by atoms with Crippen molar-refractivity contribution in [1.82, 2.24) is 0 Å². The quantitative estimate of drug-likeness (QED) is 0.395. The fourth-order valence-electron chi connectivity index (χ4n) is 1.56. The number of carbonyl (C=O) groups is 1. The Hall–Kier alpha value is -2.35. The maximum absolute atomic E-state index is 11.1. The van der Waals surface area contributed by atoms with Gasteiger partial charge in [-0.2, -0.15) is 0 Å². The van der Waals surface area contributed by atoms with Gasteiger partial charge in [-0.1, -0.05) is 6.07 Å². The number of rotatable bonds is 9. The lowest BCUT2D eigenvalue weighted by Gasteiger charge is -2.10. The van der Waals surface area contributed by atoms with Gasteiger partial charge in [-0.3, -0.25) is 14.9 Å². The van der Waals surface area contributed by atoms with Crippen molar-refractivity contribution in [1.29, 1.82) is 0 Å². The Kier molecular flexibility index (Phi) is 6.24. The van der Waals surface area contributed by atoms with Crippen molar-refractivity contribution in [3.63, 3.8) is 0 Å². The van der Waals surface area contributed by atoms with Gasteiger partial charge < -0.3 is 20.5 Å². The predicted molar refractivity (Wildman–Crippen MR) is 72.8 cm³/mol. The number of nitrogens with zero attached hydrogens (tertiary/aromatic N) is 1. The largest absolute Gasteiger partial charge is 0.487 e.